The molecule has 0 saturated carbocycles. The van der Waals surface area contributed by atoms with Gasteiger partial charge < -0.3 is 25.5 Å². The van der Waals surface area contributed by atoms with E-state index in [2.05, 4.69) is 30.5 Å². The lowest BCUT2D eigenvalue weighted by atomic mass is 10.2. The zero-order chi connectivity index (χ0) is 19.1. The molecule has 28 heavy (non-hydrogen) atoms. The number of pyridine rings is 1. The number of aliphatic hydroxyl groups is 1. The van der Waals surface area contributed by atoms with Crippen LogP contribution in [0, 0.1) is 5.82 Å². The number of hydrogen-bond acceptors (Lipinski definition) is 8. The Morgan fingerprint density at radius 1 is 1.11 bits per heavy atom. The Hall–Kier alpha value is -2.52. The third-order valence-corrected chi connectivity index (χ3v) is 5.72. The maximum Gasteiger partial charge on any atom is 0.229 e. The molecule has 3 N–H and O–H groups in total. The minimum absolute atomic E-state index is 0.271. The second kappa shape index (κ2) is 7.14. The van der Waals surface area contributed by atoms with Crippen molar-refractivity contribution in [3.8, 4) is 0 Å². The number of aliphatic hydroxyl groups excluding tert-OH is 1. The normalized spacial score (nSPS) is 26.7. The summed E-state index contributed by atoms with van der Waals surface area (Å²) in [5.74, 6) is 1.16. The molecule has 0 aliphatic carbocycles. The molecular formula is C19H24FN7O. The van der Waals surface area contributed by atoms with Crippen LogP contribution < -0.4 is 20.4 Å². The summed E-state index contributed by atoms with van der Waals surface area (Å²) >= 11 is 0. The third kappa shape index (κ3) is 3.47. The van der Waals surface area contributed by atoms with Crippen LogP contribution in [0.15, 0.2) is 24.5 Å². The molecule has 0 aromatic carbocycles. The van der Waals surface area contributed by atoms with Gasteiger partial charge in [0.25, 0.3) is 0 Å². The van der Waals surface area contributed by atoms with E-state index in [0.29, 0.717) is 43.2 Å². The summed E-state index contributed by atoms with van der Waals surface area (Å²) in [5.41, 5.74) is 0.499. The number of anilines is 4. The topological polar surface area (TPSA) is 89.4 Å². The monoisotopic (exact) mass is 385 g/mol. The first-order chi connectivity index (χ1) is 13.6. The van der Waals surface area contributed by atoms with Crippen LogP contribution in [0.3, 0.4) is 0 Å². The van der Waals surface area contributed by atoms with Crippen molar-refractivity contribution in [3.63, 3.8) is 0 Å². The van der Waals surface area contributed by atoms with Gasteiger partial charge in [-0.05, 0) is 25.3 Å². The Labute approximate surface area is 162 Å². The zero-order valence-corrected chi connectivity index (χ0v) is 15.6. The Kier molecular flexibility index (Phi) is 4.48. The lowest BCUT2D eigenvalue weighted by Gasteiger charge is -2.33. The molecule has 148 valence electrons. The van der Waals surface area contributed by atoms with Gasteiger partial charge in [-0.2, -0.15) is 4.98 Å². The van der Waals surface area contributed by atoms with E-state index < -0.39 is 11.9 Å². The van der Waals surface area contributed by atoms with Crippen LogP contribution in [0.4, 0.5) is 27.7 Å². The van der Waals surface area contributed by atoms with Crippen LogP contribution in [0.25, 0.3) is 0 Å². The highest BCUT2D eigenvalue weighted by molar-refractivity contribution is 5.57. The van der Waals surface area contributed by atoms with Gasteiger partial charge in [-0.15, -0.1) is 0 Å². The van der Waals surface area contributed by atoms with Crippen LogP contribution >= 0.6 is 0 Å². The minimum atomic E-state index is -0.422. The van der Waals surface area contributed by atoms with E-state index in [1.807, 2.05) is 6.07 Å². The van der Waals surface area contributed by atoms with Crippen LogP contribution in [0.2, 0.25) is 0 Å². The highest BCUT2D eigenvalue weighted by atomic mass is 19.1. The van der Waals surface area contributed by atoms with Gasteiger partial charge in [0, 0.05) is 50.5 Å². The smallest absolute Gasteiger partial charge is 0.229 e. The van der Waals surface area contributed by atoms with Crippen molar-refractivity contribution in [2.45, 2.75) is 37.5 Å². The average Bonchev–Trinajstić information content (AvgIpc) is 3.27. The van der Waals surface area contributed by atoms with E-state index in [-0.39, 0.29) is 5.82 Å². The summed E-state index contributed by atoms with van der Waals surface area (Å²) in [4.78, 5) is 17.2. The summed E-state index contributed by atoms with van der Waals surface area (Å²) < 4.78 is 14.5. The first-order valence-corrected chi connectivity index (χ1v) is 9.84. The second-order valence-electron chi connectivity index (χ2n) is 7.82. The summed E-state index contributed by atoms with van der Waals surface area (Å²) in [6, 6.07) is 4.37. The highest BCUT2D eigenvalue weighted by Crippen LogP contribution is 2.26. The molecular weight excluding hydrogens is 361 g/mol. The predicted molar refractivity (Wildman–Crippen MR) is 105 cm³/mol. The number of fused-ring (bicyclic) bond motifs is 2. The van der Waals surface area contributed by atoms with Gasteiger partial charge >= 0.3 is 0 Å². The van der Waals surface area contributed by atoms with Crippen molar-refractivity contribution in [2.75, 3.05) is 41.3 Å². The molecule has 5 rings (SSSR count). The van der Waals surface area contributed by atoms with Crippen molar-refractivity contribution in [2.24, 2.45) is 0 Å². The van der Waals surface area contributed by atoms with Gasteiger partial charge in [0.15, 0.2) is 11.6 Å². The second-order valence-corrected chi connectivity index (χ2v) is 7.82. The fourth-order valence-corrected chi connectivity index (χ4v) is 4.36. The molecule has 3 unspecified atom stereocenters. The molecule has 2 bridgehead atoms. The van der Waals surface area contributed by atoms with Crippen molar-refractivity contribution in [3.05, 3.63) is 30.3 Å². The predicted octanol–water partition coefficient (Wildman–Crippen LogP) is 1.27. The van der Waals surface area contributed by atoms with E-state index in [9.17, 15) is 9.50 Å². The zero-order valence-electron chi connectivity index (χ0n) is 15.6. The van der Waals surface area contributed by atoms with Crippen molar-refractivity contribution in [1.82, 2.24) is 20.3 Å². The minimum Gasteiger partial charge on any atom is -0.391 e. The Morgan fingerprint density at radius 3 is 2.64 bits per heavy atom. The standard InChI is InChI=1S/C19H24FN7O/c20-16-7-14(8-22-18(16)26-6-4-15(28)11-26)24-19-21-5-3-17(25-19)27-9-12-1-2-13(10-27)23-12/h3,5,7-8,12-13,15,23,28H,1-2,4,6,9-11H2,(H,21,24,25). The van der Waals surface area contributed by atoms with E-state index in [0.717, 1.165) is 18.9 Å². The van der Waals surface area contributed by atoms with E-state index >= 15 is 0 Å². The fraction of sp³-hybridized carbons (Fsp3) is 0.526. The molecule has 3 atom stereocenters. The Bertz CT molecular complexity index is 854. The highest BCUT2D eigenvalue weighted by Gasteiger charge is 2.32. The van der Waals surface area contributed by atoms with Gasteiger partial charge in [-0.25, -0.2) is 14.4 Å². The van der Waals surface area contributed by atoms with E-state index in [4.69, 9.17) is 0 Å². The van der Waals surface area contributed by atoms with Gasteiger partial charge in [0.1, 0.15) is 5.82 Å². The molecule has 2 aromatic rings. The maximum atomic E-state index is 14.5. The number of piperazine rings is 1. The Balaban J connectivity index is 1.30. The van der Waals surface area contributed by atoms with Crippen molar-refractivity contribution in [1.29, 1.82) is 0 Å². The molecule has 3 fully saturated rings. The van der Waals surface area contributed by atoms with Crippen LogP contribution in [-0.2, 0) is 0 Å². The summed E-state index contributed by atoms with van der Waals surface area (Å²) in [6.45, 7) is 2.91. The quantitative estimate of drug-likeness (QED) is 0.725. The third-order valence-electron chi connectivity index (χ3n) is 5.72. The fourth-order valence-electron chi connectivity index (χ4n) is 4.36. The molecule has 0 radical (unpaired) electrons. The first-order valence-electron chi connectivity index (χ1n) is 9.84. The summed E-state index contributed by atoms with van der Waals surface area (Å²) in [6.07, 6.45) is 5.93. The van der Waals surface area contributed by atoms with Gasteiger partial charge in [0.2, 0.25) is 5.95 Å². The van der Waals surface area contributed by atoms with Crippen molar-refractivity contribution < 1.29 is 9.50 Å². The molecule has 3 aliphatic heterocycles. The molecule has 0 spiro atoms. The largest absolute Gasteiger partial charge is 0.391 e. The number of hydrogen-bond donors (Lipinski definition) is 3. The summed E-state index contributed by atoms with van der Waals surface area (Å²) in [7, 11) is 0. The molecule has 9 heteroatoms. The Morgan fingerprint density at radius 2 is 1.93 bits per heavy atom. The number of rotatable bonds is 4. The first kappa shape index (κ1) is 17.6. The van der Waals surface area contributed by atoms with E-state index in [1.54, 1.807) is 17.3 Å². The van der Waals surface area contributed by atoms with Crippen LogP contribution in [0.1, 0.15) is 19.3 Å². The van der Waals surface area contributed by atoms with Gasteiger partial charge in [-0.3, -0.25) is 0 Å². The van der Waals surface area contributed by atoms with Crippen LogP contribution in [0.5, 0.6) is 0 Å². The number of aromatic nitrogens is 3. The van der Waals surface area contributed by atoms with Gasteiger partial charge in [-0.1, -0.05) is 0 Å². The van der Waals surface area contributed by atoms with Crippen LogP contribution in [-0.4, -0.2) is 64.4 Å². The number of nitrogens with zero attached hydrogens (tertiary/aromatic N) is 5. The summed E-state index contributed by atoms with van der Waals surface area (Å²) in [5, 5.41) is 16.3. The van der Waals surface area contributed by atoms with E-state index in [1.165, 1.54) is 18.9 Å². The molecule has 3 saturated heterocycles. The number of halogens is 1. The molecule has 2 aromatic heterocycles. The lowest BCUT2D eigenvalue weighted by molar-refractivity contribution is 0.198. The number of nitrogens with one attached hydrogen (secondary N) is 2. The number of β-amino-alcohol motifs (C(OH)–C–C–N with tert-alkyl or cyclic N) is 1. The molecule has 3 aliphatic rings. The van der Waals surface area contributed by atoms with Gasteiger partial charge in [0.05, 0.1) is 18.0 Å². The van der Waals surface area contributed by atoms with Crippen molar-refractivity contribution >= 4 is 23.3 Å². The molecule has 5 heterocycles. The average molecular weight is 385 g/mol. The molecule has 0 amide bonds. The molecule has 8 nitrogen and oxygen atoms in total. The SMILES string of the molecule is OC1CCN(c2ncc(Nc3nccc(N4CC5CCC(C4)N5)n3)cc2F)C1. The lowest BCUT2D eigenvalue weighted by Crippen LogP contribution is -2.51. The maximum absolute atomic E-state index is 14.5.